The molecule has 1 aromatic heterocycles. The lowest BCUT2D eigenvalue weighted by atomic mass is 10.00. The average Bonchev–Trinajstić information content (AvgIpc) is 2.78. The first-order valence-corrected chi connectivity index (χ1v) is 6.70. The molecule has 3 nitrogen and oxygen atoms in total. The molecule has 3 rings (SSSR count). The molecular formula is C18H13N3. The molecule has 100 valence electrons. The number of hydrogen-bond donors (Lipinski definition) is 0. The second-order valence-electron chi connectivity index (χ2n) is 5.36. The third-order valence-electron chi connectivity index (χ3n) is 3.73. The monoisotopic (exact) mass is 271 g/mol. The van der Waals surface area contributed by atoms with Gasteiger partial charge in [-0.05, 0) is 44.0 Å². The van der Waals surface area contributed by atoms with E-state index in [0.29, 0.717) is 5.22 Å². The van der Waals surface area contributed by atoms with E-state index in [9.17, 15) is 10.5 Å². The molecule has 0 saturated carbocycles. The van der Waals surface area contributed by atoms with Crippen molar-refractivity contribution in [3.8, 4) is 23.4 Å². The Hall–Kier alpha value is -2.91. The lowest BCUT2D eigenvalue weighted by Gasteiger charge is -2.07. The second-order valence-corrected chi connectivity index (χ2v) is 5.36. The molecule has 0 radical (unpaired) electrons. The van der Waals surface area contributed by atoms with E-state index < -0.39 is 0 Å². The van der Waals surface area contributed by atoms with E-state index in [4.69, 9.17) is 0 Å². The molecule has 2 aromatic rings. The van der Waals surface area contributed by atoms with Crippen molar-refractivity contribution in [3.63, 3.8) is 0 Å². The number of fused-ring (bicyclic) bond motifs is 3. The van der Waals surface area contributed by atoms with E-state index in [1.165, 1.54) is 11.1 Å². The van der Waals surface area contributed by atoms with Crippen LogP contribution in [-0.2, 0) is 0 Å². The normalized spacial score (nSPS) is 10.9. The SMILES string of the molecule is Cc1cc(C)c2c(c1)C=c1c-2nc(C)cc1=C(C#N)C#N. The second kappa shape index (κ2) is 4.58. The fourth-order valence-electron chi connectivity index (χ4n) is 2.97. The van der Waals surface area contributed by atoms with E-state index in [2.05, 4.69) is 31.0 Å². The summed E-state index contributed by atoms with van der Waals surface area (Å²) in [5.74, 6) is 0. The number of nitrogens with zero attached hydrogens (tertiary/aromatic N) is 3. The van der Waals surface area contributed by atoms with E-state index in [1.54, 1.807) is 0 Å². The zero-order chi connectivity index (χ0) is 15.1. The van der Waals surface area contributed by atoms with Crippen LogP contribution in [0, 0.1) is 43.4 Å². The summed E-state index contributed by atoms with van der Waals surface area (Å²) in [5.41, 5.74) is 6.40. The number of hydrogen-bond acceptors (Lipinski definition) is 3. The van der Waals surface area contributed by atoms with Crippen LogP contribution in [0.15, 0.2) is 18.2 Å². The molecule has 0 aliphatic heterocycles. The van der Waals surface area contributed by atoms with Gasteiger partial charge in [-0.15, -0.1) is 0 Å². The van der Waals surface area contributed by atoms with Gasteiger partial charge in [0.2, 0.25) is 0 Å². The van der Waals surface area contributed by atoms with Crippen LogP contribution in [0.5, 0.6) is 0 Å². The van der Waals surface area contributed by atoms with Crippen molar-refractivity contribution in [3.05, 3.63) is 51.0 Å². The van der Waals surface area contributed by atoms with Crippen molar-refractivity contribution in [2.24, 2.45) is 0 Å². The summed E-state index contributed by atoms with van der Waals surface area (Å²) in [6, 6.07) is 10.0. The summed E-state index contributed by atoms with van der Waals surface area (Å²) in [4.78, 5) is 4.63. The van der Waals surface area contributed by atoms with Gasteiger partial charge in [-0.2, -0.15) is 10.5 Å². The van der Waals surface area contributed by atoms with Gasteiger partial charge >= 0.3 is 0 Å². The maximum Gasteiger partial charge on any atom is 0.137 e. The zero-order valence-corrected chi connectivity index (χ0v) is 12.2. The molecule has 1 aromatic carbocycles. The molecule has 1 aliphatic carbocycles. The first-order chi connectivity index (χ1) is 10.0. The Labute approximate surface area is 123 Å². The van der Waals surface area contributed by atoms with Crippen molar-refractivity contribution in [1.29, 1.82) is 10.5 Å². The molecule has 0 amide bonds. The van der Waals surface area contributed by atoms with Crippen LogP contribution < -0.4 is 10.4 Å². The minimum absolute atomic E-state index is 0.134. The van der Waals surface area contributed by atoms with Crippen LogP contribution in [0.2, 0.25) is 0 Å². The molecule has 0 N–H and O–H groups in total. The summed E-state index contributed by atoms with van der Waals surface area (Å²) in [6.45, 7) is 6.02. The Bertz CT molecular complexity index is 967. The highest BCUT2D eigenvalue weighted by atomic mass is 14.7. The summed E-state index contributed by atoms with van der Waals surface area (Å²) in [6.07, 6.45) is 2.03. The molecular weight excluding hydrogens is 258 g/mol. The van der Waals surface area contributed by atoms with Crippen molar-refractivity contribution < 1.29 is 0 Å². The van der Waals surface area contributed by atoms with Gasteiger partial charge in [-0.1, -0.05) is 17.7 Å². The number of pyridine rings is 1. The minimum Gasteiger partial charge on any atom is -0.252 e. The molecule has 0 saturated heterocycles. The lowest BCUT2D eigenvalue weighted by Crippen LogP contribution is -2.29. The predicted molar refractivity (Wildman–Crippen MR) is 81.3 cm³/mol. The van der Waals surface area contributed by atoms with Gasteiger partial charge in [0.05, 0.1) is 5.69 Å². The fraction of sp³-hybridized carbons (Fsp3) is 0.167. The third kappa shape index (κ3) is 1.91. The lowest BCUT2D eigenvalue weighted by molar-refractivity contribution is 1.17. The van der Waals surface area contributed by atoms with E-state index >= 15 is 0 Å². The highest BCUT2D eigenvalue weighted by Gasteiger charge is 2.18. The maximum atomic E-state index is 9.17. The number of benzene rings is 1. The molecule has 0 fully saturated rings. The van der Waals surface area contributed by atoms with Crippen molar-refractivity contribution in [1.82, 2.24) is 4.98 Å². The molecule has 0 bridgehead atoms. The standard InChI is InChI=1S/C18H13N3/c1-10-4-11(2)17-13(5-10)7-16-15(14(8-19)9-20)6-12(3)21-18(16)17/h4-7H,1-3H3. The topological polar surface area (TPSA) is 60.5 Å². The summed E-state index contributed by atoms with van der Waals surface area (Å²) in [5, 5.41) is 19.9. The fourth-order valence-corrected chi connectivity index (χ4v) is 2.97. The van der Waals surface area contributed by atoms with Gasteiger partial charge in [0.15, 0.2) is 0 Å². The molecule has 0 spiro atoms. The van der Waals surface area contributed by atoms with Crippen molar-refractivity contribution in [2.75, 3.05) is 0 Å². The number of aromatic nitrogens is 1. The number of rotatable bonds is 0. The van der Waals surface area contributed by atoms with Crippen LogP contribution in [0.1, 0.15) is 22.4 Å². The molecule has 0 unspecified atom stereocenters. The van der Waals surface area contributed by atoms with Gasteiger partial charge in [0, 0.05) is 21.7 Å². The largest absolute Gasteiger partial charge is 0.252 e. The Balaban J connectivity index is 2.54. The number of nitriles is 2. The van der Waals surface area contributed by atoms with Gasteiger partial charge in [-0.25, -0.2) is 0 Å². The van der Waals surface area contributed by atoms with E-state index in [-0.39, 0.29) is 5.57 Å². The quantitative estimate of drug-likeness (QED) is 0.628. The highest BCUT2D eigenvalue weighted by molar-refractivity contribution is 5.85. The Morgan fingerprint density at radius 1 is 1.05 bits per heavy atom. The van der Waals surface area contributed by atoms with Gasteiger partial charge in [0.1, 0.15) is 17.7 Å². The smallest absolute Gasteiger partial charge is 0.137 e. The van der Waals surface area contributed by atoms with Crippen LogP contribution in [0.4, 0.5) is 0 Å². The van der Waals surface area contributed by atoms with Crippen LogP contribution in [0.25, 0.3) is 22.9 Å². The van der Waals surface area contributed by atoms with E-state index in [0.717, 1.165) is 27.7 Å². The van der Waals surface area contributed by atoms with Gasteiger partial charge in [0.25, 0.3) is 0 Å². The number of aryl methyl sites for hydroxylation is 3. The maximum absolute atomic E-state index is 9.17. The molecule has 1 heterocycles. The highest BCUT2D eigenvalue weighted by Crippen LogP contribution is 2.29. The minimum atomic E-state index is 0.134. The van der Waals surface area contributed by atoms with Gasteiger partial charge in [-0.3, -0.25) is 4.98 Å². The van der Waals surface area contributed by atoms with Crippen molar-refractivity contribution >= 4 is 11.6 Å². The zero-order valence-electron chi connectivity index (χ0n) is 12.2. The molecule has 1 aliphatic rings. The Morgan fingerprint density at radius 3 is 2.43 bits per heavy atom. The Morgan fingerprint density at radius 2 is 1.76 bits per heavy atom. The van der Waals surface area contributed by atoms with Crippen LogP contribution >= 0.6 is 0 Å². The van der Waals surface area contributed by atoms with Crippen LogP contribution in [0.3, 0.4) is 0 Å². The average molecular weight is 271 g/mol. The first kappa shape index (κ1) is 13.1. The Kier molecular flexibility index (Phi) is 2.85. The molecule has 21 heavy (non-hydrogen) atoms. The van der Waals surface area contributed by atoms with Crippen molar-refractivity contribution in [2.45, 2.75) is 20.8 Å². The molecule has 0 atom stereocenters. The van der Waals surface area contributed by atoms with Crippen LogP contribution in [-0.4, -0.2) is 4.98 Å². The third-order valence-corrected chi connectivity index (χ3v) is 3.73. The predicted octanol–water partition coefficient (Wildman–Crippen LogP) is 2.01. The van der Waals surface area contributed by atoms with E-state index in [1.807, 2.05) is 31.2 Å². The summed E-state index contributed by atoms with van der Waals surface area (Å²) in [7, 11) is 0. The first-order valence-electron chi connectivity index (χ1n) is 6.70. The summed E-state index contributed by atoms with van der Waals surface area (Å²) >= 11 is 0. The molecule has 3 heteroatoms. The van der Waals surface area contributed by atoms with Gasteiger partial charge < -0.3 is 0 Å². The summed E-state index contributed by atoms with van der Waals surface area (Å²) < 4.78 is 0.